The van der Waals surface area contributed by atoms with Gasteiger partial charge in [-0.3, -0.25) is 4.79 Å². The summed E-state index contributed by atoms with van der Waals surface area (Å²) in [5, 5.41) is 6.17. The van der Waals surface area contributed by atoms with E-state index in [1.54, 1.807) is 7.11 Å². The molecular weight excluding hydrogens is 344 g/mol. The molecular formula is C18H29ClN2O4. The molecule has 2 N–H and O–H groups in total. The Bertz CT molecular complexity index is 536. The number of hydrogen-bond acceptors (Lipinski definition) is 5. The Labute approximate surface area is 156 Å². The van der Waals surface area contributed by atoms with E-state index in [0.29, 0.717) is 32.1 Å². The van der Waals surface area contributed by atoms with Crippen molar-refractivity contribution in [1.82, 2.24) is 10.6 Å². The van der Waals surface area contributed by atoms with Crippen molar-refractivity contribution in [2.75, 3.05) is 33.5 Å². The van der Waals surface area contributed by atoms with Crippen molar-refractivity contribution in [2.45, 2.75) is 38.8 Å². The van der Waals surface area contributed by atoms with Crippen molar-refractivity contribution in [3.05, 3.63) is 23.8 Å². The summed E-state index contributed by atoms with van der Waals surface area (Å²) in [6.07, 6.45) is 2.09. The number of methoxy groups -OCH3 is 1. The number of carbonyl (C=O) groups is 1. The van der Waals surface area contributed by atoms with Crippen molar-refractivity contribution >= 4 is 18.3 Å². The van der Waals surface area contributed by atoms with Crippen molar-refractivity contribution in [3.63, 3.8) is 0 Å². The standard InChI is InChI=1S/C18H28N2O4.ClH/c1-4-5-9-24-16-7-6-14(11-17(16)22-3)13(2)20-18(21)15-12-23-10-8-19-15;/h6-7,11,13,15,19H,4-5,8-10,12H2,1-3H3,(H,20,21);1H. The number of halogens is 1. The van der Waals surface area contributed by atoms with Crippen LogP contribution in [0.5, 0.6) is 11.5 Å². The summed E-state index contributed by atoms with van der Waals surface area (Å²) in [5.41, 5.74) is 0.972. The molecule has 1 aromatic rings. The highest BCUT2D eigenvalue weighted by Gasteiger charge is 2.23. The minimum absolute atomic E-state index is 0. The molecule has 7 heteroatoms. The summed E-state index contributed by atoms with van der Waals surface area (Å²) in [6, 6.07) is 5.35. The Morgan fingerprint density at radius 1 is 1.44 bits per heavy atom. The highest BCUT2D eigenvalue weighted by atomic mass is 35.5. The van der Waals surface area contributed by atoms with Gasteiger partial charge in [0.15, 0.2) is 11.5 Å². The van der Waals surface area contributed by atoms with Gasteiger partial charge in [0.2, 0.25) is 5.91 Å². The third-order valence-electron chi connectivity index (χ3n) is 4.04. The average Bonchev–Trinajstić information content (AvgIpc) is 2.62. The molecule has 1 heterocycles. The summed E-state index contributed by atoms with van der Waals surface area (Å²) in [7, 11) is 1.62. The van der Waals surface area contributed by atoms with Gasteiger partial charge in [-0.2, -0.15) is 0 Å². The van der Waals surface area contributed by atoms with E-state index < -0.39 is 0 Å². The second-order valence-electron chi connectivity index (χ2n) is 5.92. The summed E-state index contributed by atoms with van der Waals surface area (Å²) >= 11 is 0. The summed E-state index contributed by atoms with van der Waals surface area (Å²) in [6.45, 7) is 6.51. The number of amides is 1. The lowest BCUT2D eigenvalue weighted by atomic mass is 10.1. The fourth-order valence-corrected chi connectivity index (χ4v) is 2.53. The van der Waals surface area contributed by atoms with Crippen LogP contribution in [0.25, 0.3) is 0 Å². The highest BCUT2D eigenvalue weighted by Crippen LogP contribution is 2.30. The van der Waals surface area contributed by atoms with Crippen LogP contribution in [0.15, 0.2) is 18.2 Å². The number of rotatable bonds is 8. The smallest absolute Gasteiger partial charge is 0.240 e. The number of nitrogens with one attached hydrogen (secondary N) is 2. The quantitative estimate of drug-likeness (QED) is 0.686. The molecule has 1 fully saturated rings. The molecule has 0 bridgehead atoms. The van der Waals surface area contributed by atoms with Crippen molar-refractivity contribution in [2.24, 2.45) is 0 Å². The first kappa shape index (κ1) is 21.5. The van der Waals surface area contributed by atoms with E-state index in [-0.39, 0.29) is 30.4 Å². The van der Waals surface area contributed by atoms with Crippen LogP contribution in [0, 0.1) is 0 Å². The van der Waals surface area contributed by atoms with E-state index >= 15 is 0 Å². The summed E-state index contributed by atoms with van der Waals surface area (Å²) in [5.74, 6) is 1.36. The minimum Gasteiger partial charge on any atom is -0.493 e. The maximum absolute atomic E-state index is 12.3. The molecule has 0 radical (unpaired) electrons. The number of carbonyl (C=O) groups excluding carboxylic acids is 1. The molecule has 0 aromatic heterocycles. The number of morpholine rings is 1. The lowest BCUT2D eigenvalue weighted by Gasteiger charge is -2.25. The van der Waals surface area contributed by atoms with Crippen LogP contribution in [0.4, 0.5) is 0 Å². The fourth-order valence-electron chi connectivity index (χ4n) is 2.53. The predicted octanol–water partition coefficient (Wildman–Crippen LogP) is 2.46. The normalized spacial score (nSPS) is 18.0. The Kier molecular flexibility index (Phi) is 9.63. The lowest BCUT2D eigenvalue weighted by molar-refractivity contribution is -0.126. The molecule has 0 spiro atoms. The Morgan fingerprint density at radius 3 is 2.88 bits per heavy atom. The number of ether oxygens (including phenoxy) is 3. The molecule has 1 amide bonds. The maximum atomic E-state index is 12.3. The average molecular weight is 373 g/mol. The summed E-state index contributed by atoms with van der Waals surface area (Å²) < 4.78 is 16.5. The van der Waals surface area contributed by atoms with E-state index in [1.807, 2.05) is 25.1 Å². The number of benzene rings is 1. The Morgan fingerprint density at radius 2 is 2.24 bits per heavy atom. The van der Waals surface area contributed by atoms with Gasteiger partial charge in [0, 0.05) is 6.54 Å². The third-order valence-corrected chi connectivity index (χ3v) is 4.04. The topological polar surface area (TPSA) is 68.8 Å². The van der Waals surface area contributed by atoms with E-state index in [1.165, 1.54) is 0 Å². The third kappa shape index (κ3) is 6.38. The van der Waals surface area contributed by atoms with E-state index in [2.05, 4.69) is 17.6 Å². The van der Waals surface area contributed by atoms with Crippen LogP contribution in [0.2, 0.25) is 0 Å². The zero-order valence-electron chi connectivity index (χ0n) is 15.2. The van der Waals surface area contributed by atoms with Crippen LogP contribution in [-0.2, 0) is 9.53 Å². The van der Waals surface area contributed by atoms with E-state index in [9.17, 15) is 4.79 Å². The van der Waals surface area contributed by atoms with Crippen LogP contribution in [0.3, 0.4) is 0 Å². The van der Waals surface area contributed by atoms with Gasteiger partial charge in [0.25, 0.3) is 0 Å². The monoisotopic (exact) mass is 372 g/mol. The van der Waals surface area contributed by atoms with Gasteiger partial charge in [0.1, 0.15) is 6.04 Å². The molecule has 1 aliphatic rings. The fraction of sp³-hybridized carbons (Fsp3) is 0.611. The number of hydrogen-bond donors (Lipinski definition) is 2. The second kappa shape index (κ2) is 11.2. The lowest BCUT2D eigenvalue weighted by Crippen LogP contribution is -2.51. The van der Waals surface area contributed by atoms with Crippen molar-refractivity contribution in [3.8, 4) is 11.5 Å². The largest absolute Gasteiger partial charge is 0.493 e. The first-order valence-electron chi connectivity index (χ1n) is 8.58. The molecule has 2 unspecified atom stereocenters. The molecule has 1 saturated heterocycles. The van der Waals surface area contributed by atoms with Crippen LogP contribution in [-0.4, -0.2) is 45.4 Å². The summed E-state index contributed by atoms with van der Waals surface area (Å²) in [4.78, 5) is 12.3. The zero-order valence-corrected chi connectivity index (χ0v) is 16.0. The van der Waals surface area contributed by atoms with Gasteiger partial charge in [0.05, 0.1) is 33.0 Å². The minimum atomic E-state index is -0.292. The molecule has 0 aliphatic carbocycles. The van der Waals surface area contributed by atoms with Gasteiger partial charge in [-0.05, 0) is 31.0 Å². The SMILES string of the molecule is CCCCOc1ccc(C(C)NC(=O)C2COCCN2)cc1OC.Cl. The van der Waals surface area contributed by atoms with Crippen LogP contribution >= 0.6 is 12.4 Å². The first-order valence-corrected chi connectivity index (χ1v) is 8.58. The predicted molar refractivity (Wildman–Crippen MR) is 99.8 cm³/mol. The van der Waals surface area contributed by atoms with Crippen molar-refractivity contribution in [1.29, 1.82) is 0 Å². The van der Waals surface area contributed by atoms with Gasteiger partial charge in [-0.15, -0.1) is 12.4 Å². The van der Waals surface area contributed by atoms with Gasteiger partial charge < -0.3 is 24.8 Å². The molecule has 0 saturated carbocycles. The molecule has 142 valence electrons. The highest BCUT2D eigenvalue weighted by molar-refractivity contribution is 5.85. The Balaban J connectivity index is 0.00000312. The van der Waals surface area contributed by atoms with Gasteiger partial charge in [-0.25, -0.2) is 0 Å². The maximum Gasteiger partial charge on any atom is 0.240 e. The second-order valence-corrected chi connectivity index (χ2v) is 5.92. The molecule has 2 atom stereocenters. The molecule has 25 heavy (non-hydrogen) atoms. The Hall–Kier alpha value is -1.50. The van der Waals surface area contributed by atoms with Gasteiger partial charge in [-0.1, -0.05) is 19.4 Å². The van der Waals surface area contributed by atoms with Crippen LogP contribution < -0.4 is 20.1 Å². The molecule has 6 nitrogen and oxygen atoms in total. The molecule has 1 aromatic carbocycles. The van der Waals surface area contributed by atoms with E-state index in [4.69, 9.17) is 14.2 Å². The molecule has 2 rings (SSSR count). The van der Waals surface area contributed by atoms with Crippen molar-refractivity contribution < 1.29 is 19.0 Å². The van der Waals surface area contributed by atoms with Crippen LogP contribution in [0.1, 0.15) is 38.3 Å². The van der Waals surface area contributed by atoms with E-state index in [0.717, 1.165) is 24.2 Å². The zero-order chi connectivity index (χ0) is 17.4. The number of unbranched alkanes of at least 4 members (excludes halogenated alkanes) is 1. The molecule has 1 aliphatic heterocycles. The first-order chi connectivity index (χ1) is 11.7. The van der Waals surface area contributed by atoms with Gasteiger partial charge >= 0.3 is 0 Å².